The molecule has 1 unspecified atom stereocenters. The van der Waals surface area contributed by atoms with Gasteiger partial charge in [-0.15, -0.1) is 0 Å². The number of rotatable bonds is 4. The second kappa shape index (κ2) is 6.35. The number of hydrogen-bond acceptors (Lipinski definition) is 2. The van der Waals surface area contributed by atoms with Gasteiger partial charge in [0, 0.05) is 18.8 Å². The van der Waals surface area contributed by atoms with Gasteiger partial charge in [0.2, 0.25) is 0 Å². The second-order valence-corrected chi connectivity index (χ2v) is 7.17. The van der Waals surface area contributed by atoms with Crippen molar-refractivity contribution < 1.29 is 4.39 Å². The molecule has 0 radical (unpaired) electrons. The monoisotopic (exact) mass is 292 g/mol. The van der Waals surface area contributed by atoms with E-state index in [4.69, 9.17) is 5.73 Å². The number of nitrogens with two attached hydrogens (primary N) is 1. The van der Waals surface area contributed by atoms with Gasteiger partial charge in [0.15, 0.2) is 0 Å². The third kappa shape index (κ3) is 3.57. The van der Waals surface area contributed by atoms with Crippen LogP contribution in [0.2, 0.25) is 0 Å². The first-order valence-electron chi connectivity index (χ1n) is 8.16. The summed E-state index contributed by atoms with van der Waals surface area (Å²) in [6.07, 6.45) is 5.79. The largest absolute Gasteiger partial charge is 0.365 e. The summed E-state index contributed by atoms with van der Waals surface area (Å²) in [6, 6.07) is 6.93. The Hall–Kier alpha value is -1.09. The maximum Gasteiger partial charge on any atom is 0.125 e. The highest BCUT2D eigenvalue weighted by molar-refractivity contribution is 5.49. The maximum absolute atomic E-state index is 13.6. The molecule has 0 aliphatic heterocycles. The lowest BCUT2D eigenvalue weighted by atomic mass is 9.82. The summed E-state index contributed by atoms with van der Waals surface area (Å²) in [7, 11) is 0. The molecule has 3 heteroatoms. The van der Waals surface area contributed by atoms with E-state index in [1.54, 1.807) is 12.1 Å². The minimum atomic E-state index is -0.174. The van der Waals surface area contributed by atoms with E-state index in [1.807, 2.05) is 6.07 Å². The predicted molar refractivity (Wildman–Crippen MR) is 88.1 cm³/mol. The van der Waals surface area contributed by atoms with Crippen molar-refractivity contribution in [2.45, 2.75) is 58.4 Å². The van der Waals surface area contributed by atoms with Crippen LogP contribution in [-0.4, -0.2) is 18.6 Å². The molecule has 0 amide bonds. The fourth-order valence-corrected chi connectivity index (χ4v) is 3.74. The van der Waals surface area contributed by atoms with Gasteiger partial charge in [0.1, 0.15) is 5.82 Å². The van der Waals surface area contributed by atoms with Crippen molar-refractivity contribution in [3.63, 3.8) is 0 Å². The summed E-state index contributed by atoms with van der Waals surface area (Å²) >= 11 is 0. The van der Waals surface area contributed by atoms with Gasteiger partial charge in [0.05, 0.1) is 5.54 Å². The zero-order chi connectivity index (χ0) is 15.5. The summed E-state index contributed by atoms with van der Waals surface area (Å²) in [5.74, 6) is -0.174. The molecule has 0 bridgehead atoms. The van der Waals surface area contributed by atoms with Crippen molar-refractivity contribution in [2.75, 3.05) is 18.0 Å². The van der Waals surface area contributed by atoms with Gasteiger partial charge in [-0.1, -0.05) is 26.3 Å². The standard InChI is InChI=1S/C18H29FN2/c1-4-21(16-8-5-7-15(19)13-16)18(14-20)10-6-9-17(2,3)11-12-18/h5,7-8,13H,4,6,9-12,14,20H2,1-3H3. The van der Waals surface area contributed by atoms with Crippen molar-refractivity contribution in [2.24, 2.45) is 11.1 Å². The molecule has 1 saturated carbocycles. The predicted octanol–water partition coefficient (Wildman–Crippen LogP) is 4.34. The number of nitrogens with zero attached hydrogens (tertiary/aromatic N) is 1. The fourth-order valence-electron chi connectivity index (χ4n) is 3.74. The molecule has 118 valence electrons. The Balaban J connectivity index is 2.32. The van der Waals surface area contributed by atoms with Crippen LogP contribution in [0.25, 0.3) is 0 Å². The highest BCUT2D eigenvalue weighted by Gasteiger charge is 2.39. The van der Waals surface area contributed by atoms with E-state index in [2.05, 4.69) is 25.7 Å². The highest BCUT2D eigenvalue weighted by Crippen LogP contribution is 2.41. The van der Waals surface area contributed by atoms with Crippen molar-refractivity contribution in [1.82, 2.24) is 0 Å². The van der Waals surface area contributed by atoms with Crippen LogP contribution in [0, 0.1) is 11.2 Å². The minimum absolute atomic E-state index is 0.0314. The van der Waals surface area contributed by atoms with E-state index < -0.39 is 0 Å². The second-order valence-electron chi connectivity index (χ2n) is 7.17. The van der Waals surface area contributed by atoms with E-state index in [9.17, 15) is 4.39 Å². The van der Waals surface area contributed by atoms with Gasteiger partial charge >= 0.3 is 0 Å². The third-order valence-corrected chi connectivity index (χ3v) is 5.15. The van der Waals surface area contributed by atoms with Gasteiger partial charge < -0.3 is 10.6 Å². The molecule has 0 spiro atoms. The van der Waals surface area contributed by atoms with E-state index >= 15 is 0 Å². The first-order chi connectivity index (χ1) is 9.92. The van der Waals surface area contributed by atoms with E-state index in [1.165, 1.54) is 25.3 Å². The molecule has 1 aromatic rings. The van der Waals surface area contributed by atoms with E-state index in [0.29, 0.717) is 12.0 Å². The van der Waals surface area contributed by atoms with Gasteiger partial charge in [-0.3, -0.25) is 0 Å². The summed E-state index contributed by atoms with van der Waals surface area (Å²) in [4.78, 5) is 2.33. The molecule has 2 nitrogen and oxygen atoms in total. The van der Waals surface area contributed by atoms with Crippen LogP contribution in [0.4, 0.5) is 10.1 Å². The van der Waals surface area contributed by atoms with Crippen LogP contribution in [0.15, 0.2) is 24.3 Å². The van der Waals surface area contributed by atoms with Crippen LogP contribution in [0.1, 0.15) is 52.9 Å². The quantitative estimate of drug-likeness (QED) is 0.836. The number of benzene rings is 1. The molecule has 0 saturated heterocycles. The Morgan fingerprint density at radius 1 is 1.19 bits per heavy atom. The number of hydrogen-bond donors (Lipinski definition) is 1. The van der Waals surface area contributed by atoms with Gasteiger partial charge in [-0.05, 0) is 56.2 Å². The molecule has 0 heterocycles. The molecule has 1 fully saturated rings. The summed E-state index contributed by atoms with van der Waals surface area (Å²) in [6.45, 7) is 8.32. The van der Waals surface area contributed by atoms with Crippen molar-refractivity contribution in [1.29, 1.82) is 0 Å². The van der Waals surface area contributed by atoms with Crippen molar-refractivity contribution in [3.05, 3.63) is 30.1 Å². The molecule has 1 aliphatic carbocycles. The lowest BCUT2D eigenvalue weighted by Gasteiger charge is -2.44. The van der Waals surface area contributed by atoms with Crippen LogP contribution >= 0.6 is 0 Å². The van der Waals surface area contributed by atoms with Crippen LogP contribution < -0.4 is 10.6 Å². The zero-order valence-electron chi connectivity index (χ0n) is 13.7. The Bertz CT molecular complexity index is 472. The molecule has 2 rings (SSSR count). The zero-order valence-corrected chi connectivity index (χ0v) is 13.7. The molecule has 1 aliphatic rings. The smallest absolute Gasteiger partial charge is 0.125 e. The average Bonchev–Trinajstić information content (AvgIpc) is 2.59. The van der Waals surface area contributed by atoms with Crippen molar-refractivity contribution >= 4 is 5.69 Å². The number of anilines is 1. The normalized spacial score (nSPS) is 25.4. The summed E-state index contributed by atoms with van der Waals surface area (Å²) in [5.41, 5.74) is 7.53. The first kappa shape index (κ1) is 16.3. The van der Waals surface area contributed by atoms with Gasteiger partial charge in [-0.25, -0.2) is 4.39 Å². The summed E-state index contributed by atoms with van der Waals surface area (Å²) in [5, 5.41) is 0. The lowest BCUT2D eigenvalue weighted by Crippen LogP contribution is -2.54. The molecule has 21 heavy (non-hydrogen) atoms. The van der Waals surface area contributed by atoms with E-state index in [0.717, 1.165) is 25.1 Å². The molecular formula is C18H29FN2. The van der Waals surface area contributed by atoms with Crippen LogP contribution in [0.3, 0.4) is 0 Å². The van der Waals surface area contributed by atoms with Gasteiger partial charge in [-0.2, -0.15) is 0 Å². The third-order valence-electron chi connectivity index (χ3n) is 5.15. The highest BCUT2D eigenvalue weighted by atomic mass is 19.1. The fraction of sp³-hybridized carbons (Fsp3) is 0.667. The van der Waals surface area contributed by atoms with Gasteiger partial charge in [0.25, 0.3) is 0 Å². The molecule has 1 aromatic carbocycles. The Kier molecular flexibility index (Phi) is 4.92. The first-order valence-corrected chi connectivity index (χ1v) is 8.16. The minimum Gasteiger partial charge on any atom is -0.365 e. The van der Waals surface area contributed by atoms with Crippen molar-refractivity contribution in [3.8, 4) is 0 Å². The SMILES string of the molecule is CCN(c1cccc(F)c1)C1(CN)CCCC(C)(C)CC1. The van der Waals surface area contributed by atoms with Crippen LogP contribution in [0.5, 0.6) is 0 Å². The average molecular weight is 292 g/mol. The number of halogens is 1. The molecule has 2 N–H and O–H groups in total. The van der Waals surface area contributed by atoms with Crippen LogP contribution in [-0.2, 0) is 0 Å². The Morgan fingerprint density at radius 3 is 2.57 bits per heavy atom. The molecule has 1 atom stereocenters. The maximum atomic E-state index is 13.6. The number of likely N-dealkylation sites (N-methyl/N-ethyl adjacent to an activating group) is 1. The summed E-state index contributed by atoms with van der Waals surface area (Å²) < 4.78 is 13.6. The lowest BCUT2D eigenvalue weighted by molar-refractivity contribution is 0.293. The Labute approximate surface area is 128 Å². The molecular weight excluding hydrogens is 263 g/mol. The molecule has 0 aromatic heterocycles. The van der Waals surface area contributed by atoms with E-state index in [-0.39, 0.29) is 11.4 Å². The Morgan fingerprint density at radius 2 is 1.95 bits per heavy atom. The topological polar surface area (TPSA) is 29.3 Å².